The van der Waals surface area contributed by atoms with Gasteiger partial charge in [-0.1, -0.05) is 24.8 Å². The number of nitriles is 1. The molecule has 0 radical (unpaired) electrons. The first-order chi connectivity index (χ1) is 10.7. The average Bonchev–Trinajstić information content (AvgIpc) is 2.59. The summed E-state index contributed by atoms with van der Waals surface area (Å²) in [6, 6.07) is 9.57. The van der Waals surface area contributed by atoms with Crippen LogP contribution in [-0.4, -0.2) is 38.9 Å². The zero-order valence-corrected chi connectivity index (χ0v) is 12.3. The van der Waals surface area contributed by atoms with E-state index in [1.165, 1.54) is 12.2 Å². The van der Waals surface area contributed by atoms with Gasteiger partial charge in [0.1, 0.15) is 18.2 Å². The van der Waals surface area contributed by atoms with Crippen molar-refractivity contribution in [2.45, 2.75) is 0 Å². The van der Waals surface area contributed by atoms with Gasteiger partial charge in [0.2, 0.25) is 0 Å². The highest BCUT2D eigenvalue weighted by Gasteiger charge is 2.12. The molecule has 2 rings (SSSR count). The van der Waals surface area contributed by atoms with E-state index in [-0.39, 0.29) is 12.2 Å². The molecule has 1 fully saturated rings. The topological polar surface area (TPSA) is 62.6 Å². The SMILES string of the molecule is C=CCOC(=O)/C(C#N)=C\c1ccc(N2CCOCC2)cc1. The number of morpholine rings is 1. The van der Waals surface area contributed by atoms with Crippen molar-refractivity contribution in [2.75, 3.05) is 37.8 Å². The number of anilines is 1. The molecular formula is C17H18N2O3. The summed E-state index contributed by atoms with van der Waals surface area (Å²) in [5, 5.41) is 9.05. The molecule has 0 unspecified atom stereocenters. The van der Waals surface area contributed by atoms with Gasteiger partial charge in [-0.2, -0.15) is 5.26 Å². The van der Waals surface area contributed by atoms with Crippen LogP contribution in [0.1, 0.15) is 5.56 Å². The molecule has 0 saturated carbocycles. The molecule has 1 heterocycles. The Hall–Kier alpha value is -2.58. The number of nitrogens with zero attached hydrogens (tertiary/aromatic N) is 2. The predicted molar refractivity (Wildman–Crippen MR) is 84.2 cm³/mol. The largest absolute Gasteiger partial charge is 0.457 e. The van der Waals surface area contributed by atoms with Crippen molar-refractivity contribution in [3.8, 4) is 6.07 Å². The number of benzene rings is 1. The molecule has 0 atom stereocenters. The fraction of sp³-hybridized carbons (Fsp3) is 0.294. The molecule has 5 heteroatoms. The molecule has 0 aliphatic carbocycles. The predicted octanol–water partition coefficient (Wildman–Crippen LogP) is 2.16. The van der Waals surface area contributed by atoms with Crippen LogP contribution >= 0.6 is 0 Å². The van der Waals surface area contributed by atoms with Crippen LogP contribution in [0.4, 0.5) is 5.69 Å². The maximum Gasteiger partial charge on any atom is 0.349 e. The highest BCUT2D eigenvalue weighted by Crippen LogP contribution is 2.18. The molecule has 114 valence electrons. The first-order valence-electron chi connectivity index (χ1n) is 7.07. The molecule has 0 amide bonds. The van der Waals surface area contributed by atoms with E-state index in [1.54, 1.807) is 0 Å². The van der Waals surface area contributed by atoms with Gasteiger partial charge in [0.25, 0.3) is 0 Å². The molecule has 1 aliphatic heterocycles. The second-order valence-corrected chi connectivity index (χ2v) is 4.75. The number of rotatable bonds is 5. The lowest BCUT2D eigenvalue weighted by Gasteiger charge is -2.28. The second-order valence-electron chi connectivity index (χ2n) is 4.75. The quantitative estimate of drug-likeness (QED) is 0.361. The van der Waals surface area contributed by atoms with Gasteiger partial charge in [-0.3, -0.25) is 0 Å². The third-order valence-electron chi connectivity index (χ3n) is 3.25. The number of carbonyl (C=O) groups is 1. The summed E-state index contributed by atoms with van der Waals surface area (Å²) >= 11 is 0. The maximum absolute atomic E-state index is 11.7. The fourth-order valence-corrected chi connectivity index (χ4v) is 2.12. The van der Waals surface area contributed by atoms with Crippen molar-refractivity contribution in [3.63, 3.8) is 0 Å². The normalized spacial score (nSPS) is 15.0. The minimum atomic E-state index is -0.639. The minimum Gasteiger partial charge on any atom is -0.457 e. The summed E-state index contributed by atoms with van der Waals surface area (Å²) in [6.45, 7) is 6.75. The second kappa shape index (κ2) is 8.01. The first-order valence-corrected chi connectivity index (χ1v) is 7.07. The van der Waals surface area contributed by atoms with Crippen molar-refractivity contribution in [1.82, 2.24) is 0 Å². The van der Waals surface area contributed by atoms with E-state index in [0.717, 1.165) is 37.6 Å². The van der Waals surface area contributed by atoms with Crippen LogP contribution in [0, 0.1) is 11.3 Å². The zero-order valence-electron chi connectivity index (χ0n) is 12.3. The smallest absolute Gasteiger partial charge is 0.349 e. The third kappa shape index (κ3) is 4.21. The molecule has 1 aromatic rings. The van der Waals surface area contributed by atoms with Crippen molar-refractivity contribution >= 4 is 17.7 Å². The molecule has 0 bridgehead atoms. The number of hydrogen-bond donors (Lipinski definition) is 0. The van der Waals surface area contributed by atoms with Gasteiger partial charge >= 0.3 is 5.97 Å². The van der Waals surface area contributed by atoms with Crippen molar-refractivity contribution in [1.29, 1.82) is 5.26 Å². The summed E-state index contributed by atoms with van der Waals surface area (Å²) in [6.07, 6.45) is 2.98. The maximum atomic E-state index is 11.7. The van der Waals surface area contributed by atoms with E-state index in [4.69, 9.17) is 14.7 Å². The molecule has 5 nitrogen and oxygen atoms in total. The Balaban J connectivity index is 2.08. The fourth-order valence-electron chi connectivity index (χ4n) is 2.12. The van der Waals surface area contributed by atoms with Gasteiger partial charge in [0, 0.05) is 18.8 Å². The lowest BCUT2D eigenvalue weighted by atomic mass is 10.1. The van der Waals surface area contributed by atoms with Gasteiger partial charge in [-0.05, 0) is 23.8 Å². The third-order valence-corrected chi connectivity index (χ3v) is 3.25. The summed E-state index contributed by atoms with van der Waals surface area (Å²) in [5.74, 6) is -0.639. The molecule has 0 N–H and O–H groups in total. The Labute approximate surface area is 130 Å². The number of ether oxygens (including phenoxy) is 2. The van der Waals surface area contributed by atoms with Crippen LogP contribution in [0.5, 0.6) is 0 Å². The van der Waals surface area contributed by atoms with E-state index in [2.05, 4.69) is 11.5 Å². The zero-order chi connectivity index (χ0) is 15.8. The highest BCUT2D eigenvalue weighted by atomic mass is 16.5. The van der Waals surface area contributed by atoms with E-state index in [9.17, 15) is 4.79 Å². The van der Waals surface area contributed by atoms with Gasteiger partial charge in [-0.25, -0.2) is 4.79 Å². The number of hydrogen-bond acceptors (Lipinski definition) is 5. The molecule has 22 heavy (non-hydrogen) atoms. The summed E-state index contributed by atoms with van der Waals surface area (Å²) in [4.78, 5) is 13.9. The van der Waals surface area contributed by atoms with E-state index >= 15 is 0 Å². The van der Waals surface area contributed by atoms with Gasteiger partial charge in [-0.15, -0.1) is 0 Å². The van der Waals surface area contributed by atoms with Crippen LogP contribution in [-0.2, 0) is 14.3 Å². The Morgan fingerprint density at radius 1 is 1.36 bits per heavy atom. The molecule has 0 spiro atoms. The average molecular weight is 298 g/mol. The van der Waals surface area contributed by atoms with Crippen LogP contribution in [0.15, 0.2) is 42.5 Å². The van der Waals surface area contributed by atoms with Crippen LogP contribution < -0.4 is 4.90 Å². The lowest BCUT2D eigenvalue weighted by molar-refractivity contribution is -0.137. The van der Waals surface area contributed by atoms with Crippen LogP contribution in [0.2, 0.25) is 0 Å². The molecule has 1 aliphatic rings. The van der Waals surface area contributed by atoms with Gasteiger partial charge in [0.15, 0.2) is 0 Å². The van der Waals surface area contributed by atoms with E-state index in [0.29, 0.717) is 0 Å². The molecule has 1 aromatic carbocycles. The summed E-state index contributed by atoms with van der Waals surface area (Å²) in [5.41, 5.74) is 1.86. The van der Waals surface area contributed by atoms with Crippen LogP contribution in [0.25, 0.3) is 6.08 Å². The van der Waals surface area contributed by atoms with E-state index in [1.807, 2.05) is 30.3 Å². The number of esters is 1. The van der Waals surface area contributed by atoms with Gasteiger partial charge in [0.05, 0.1) is 13.2 Å². The standard InChI is InChI=1S/C17H18N2O3/c1-2-9-22-17(20)15(13-18)12-14-3-5-16(6-4-14)19-7-10-21-11-8-19/h2-6,12H,1,7-11H2/b15-12-. The number of carbonyl (C=O) groups excluding carboxylic acids is 1. The monoisotopic (exact) mass is 298 g/mol. The van der Waals surface area contributed by atoms with Crippen LogP contribution in [0.3, 0.4) is 0 Å². The summed E-state index contributed by atoms with van der Waals surface area (Å²) in [7, 11) is 0. The molecule has 1 saturated heterocycles. The molecule has 0 aromatic heterocycles. The summed E-state index contributed by atoms with van der Waals surface area (Å²) < 4.78 is 10.2. The highest BCUT2D eigenvalue weighted by molar-refractivity contribution is 5.97. The van der Waals surface area contributed by atoms with E-state index < -0.39 is 5.97 Å². The Morgan fingerprint density at radius 2 is 2.05 bits per heavy atom. The Kier molecular flexibility index (Phi) is 5.75. The molecular weight excluding hydrogens is 280 g/mol. The van der Waals surface area contributed by atoms with Crippen molar-refractivity contribution in [3.05, 3.63) is 48.1 Å². The first kappa shape index (κ1) is 15.8. The lowest BCUT2D eigenvalue weighted by Crippen LogP contribution is -2.36. The minimum absolute atomic E-state index is 0.0269. The van der Waals surface area contributed by atoms with Gasteiger partial charge < -0.3 is 14.4 Å². The van der Waals surface area contributed by atoms with Crippen molar-refractivity contribution in [2.24, 2.45) is 0 Å². The Morgan fingerprint density at radius 3 is 2.64 bits per heavy atom. The van der Waals surface area contributed by atoms with Crippen molar-refractivity contribution < 1.29 is 14.3 Å². The Bertz CT molecular complexity index is 593.